The number of amides is 1. The maximum atomic E-state index is 12.2. The van der Waals surface area contributed by atoms with Gasteiger partial charge in [0.1, 0.15) is 0 Å². The first kappa shape index (κ1) is 17.6. The summed E-state index contributed by atoms with van der Waals surface area (Å²) in [5.41, 5.74) is 3.80. The number of hydrogen-bond donors (Lipinski definition) is 0. The van der Waals surface area contributed by atoms with E-state index in [0.717, 1.165) is 46.9 Å². The molecule has 0 bridgehead atoms. The van der Waals surface area contributed by atoms with Gasteiger partial charge in [0.05, 0.1) is 12.2 Å². The molecule has 2 heterocycles. The van der Waals surface area contributed by atoms with E-state index in [1.807, 2.05) is 76.5 Å². The topological polar surface area (TPSA) is 38.1 Å². The minimum Gasteiger partial charge on any atom is -0.339 e. The molecule has 2 aromatic carbocycles. The third-order valence-electron chi connectivity index (χ3n) is 4.70. The lowest BCUT2D eigenvalue weighted by molar-refractivity contribution is -0.129. The maximum Gasteiger partial charge on any atom is 0.246 e. The maximum absolute atomic E-state index is 12.2. The zero-order valence-corrected chi connectivity index (χ0v) is 15.6. The lowest BCUT2D eigenvalue weighted by atomic mass is 10.1. The van der Waals surface area contributed by atoms with Gasteiger partial charge in [0.2, 0.25) is 5.91 Å². The van der Waals surface area contributed by atoms with Gasteiger partial charge in [0.25, 0.3) is 0 Å². The van der Waals surface area contributed by atoms with Crippen LogP contribution in [0, 0.1) is 0 Å². The highest BCUT2D eigenvalue weighted by molar-refractivity contribution is 6.31. The van der Waals surface area contributed by atoms with Crippen LogP contribution in [0.5, 0.6) is 0 Å². The second kappa shape index (κ2) is 7.80. The number of carbonyl (C=O) groups excluding carboxylic acids is 1. The highest BCUT2D eigenvalue weighted by atomic mass is 35.5. The normalized spacial score (nSPS) is 13.7. The summed E-state index contributed by atoms with van der Waals surface area (Å²) in [6.07, 6.45) is 6.55. The van der Waals surface area contributed by atoms with Gasteiger partial charge in [0, 0.05) is 41.5 Å². The van der Waals surface area contributed by atoms with Gasteiger partial charge in [-0.15, -0.1) is 0 Å². The van der Waals surface area contributed by atoms with Crippen molar-refractivity contribution in [2.24, 2.45) is 0 Å². The zero-order chi connectivity index (χ0) is 18.6. The van der Waals surface area contributed by atoms with E-state index >= 15 is 0 Å². The number of hydrogen-bond acceptors (Lipinski definition) is 2. The zero-order valence-electron chi connectivity index (χ0n) is 14.9. The highest BCUT2D eigenvalue weighted by Crippen LogP contribution is 2.24. The molecular formula is C22H20ClN3O. The summed E-state index contributed by atoms with van der Waals surface area (Å²) < 4.78 is 1.87. The van der Waals surface area contributed by atoms with Crippen molar-refractivity contribution in [3.8, 4) is 11.3 Å². The van der Waals surface area contributed by atoms with Gasteiger partial charge in [-0.05, 0) is 24.1 Å². The Kier molecular flexibility index (Phi) is 5.07. The van der Waals surface area contributed by atoms with E-state index in [4.69, 9.17) is 16.7 Å². The van der Waals surface area contributed by atoms with Gasteiger partial charge in [-0.1, -0.05) is 60.1 Å². The number of aromatic nitrogens is 2. The number of benzene rings is 2. The van der Waals surface area contributed by atoms with E-state index in [2.05, 4.69) is 0 Å². The van der Waals surface area contributed by atoms with Crippen LogP contribution in [0.25, 0.3) is 17.3 Å². The summed E-state index contributed by atoms with van der Waals surface area (Å²) in [6.45, 7) is 2.27. The van der Waals surface area contributed by atoms with Crippen LogP contribution in [0.4, 0.5) is 0 Å². The predicted molar refractivity (Wildman–Crippen MR) is 108 cm³/mol. The molecule has 1 aromatic heterocycles. The molecule has 0 atom stereocenters. The molecule has 4 rings (SSSR count). The van der Waals surface area contributed by atoms with Crippen LogP contribution in [0.15, 0.2) is 66.9 Å². The molecule has 4 nitrogen and oxygen atoms in total. The van der Waals surface area contributed by atoms with Crippen LogP contribution in [-0.4, -0.2) is 33.7 Å². The van der Waals surface area contributed by atoms with Crippen LogP contribution in [0.3, 0.4) is 0 Å². The van der Waals surface area contributed by atoms with Crippen molar-refractivity contribution >= 4 is 23.6 Å². The summed E-state index contributed by atoms with van der Waals surface area (Å²) in [7, 11) is 0. The fourth-order valence-corrected chi connectivity index (χ4v) is 3.26. The summed E-state index contributed by atoms with van der Waals surface area (Å²) in [4.78, 5) is 14.0. The monoisotopic (exact) mass is 377 g/mol. The average Bonchev–Trinajstić information content (AvgIpc) is 3.04. The minimum absolute atomic E-state index is 0.0547. The lowest BCUT2D eigenvalue weighted by Crippen LogP contribution is -2.40. The third-order valence-corrected chi connectivity index (χ3v) is 5.07. The second-order valence-electron chi connectivity index (χ2n) is 6.60. The fraction of sp³-hybridized carbons (Fsp3) is 0.182. The van der Waals surface area contributed by atoms with Crippen LogP contribution in [0.2, 0.25) is 5.02 Å². The summed E-state index contributed by atoms with van der Waals surface area (Å²) >= 11 is 6.29. The lowest BCUT2D eigenvalue weighted by Gasteiger charge is -2.29. The van der Waals surface area contributed by atoms with Gasteiger partial charge in [-0.2, -0.15) is 5.10 Å². The SMILES string of the molecule is O=C(/C=C/c1cn(Cc2ccccc2Cl)nc1-c1ccccc1)N1CCC1. The summed E-state index contributed by atoms with van der Waals surface area (Å²) in [6, 6.07) is 17.8. The molecule has 3 aromatic rings. The molecule has 0 N–H and O–H groups in total. The Morgan fingerprint density at radius 2 is 1.81 bits per heavy atom. The first-order chi connectivity index (χ1) is 13.2. The number of carbonyl (C=O) groups is 1. The van der Waals surface area contributed by atoms with E-state index in [1.165, 1.54) is 0 Å². The van der Waals surface area contributed by atoms with Crippen molar-refractivity contribution < 1.29 is 4.79 Å². The Morgan fingerprint density at radius 3 is 2.52 bits per heavy atom. The molecule has 0 spiro atoms. The van der Waals surface area contributed by atoms with E-state index in [9.17, 15) is 4.79 Å². The van der Waals surface area contributed by atoms with Crippen LogP contribution < -0.4 is 0 Å². The Hall–Kier alpha value is -2.85. The molecule has 1 fully saturated rings. The van der Waals surface area contributed by atoms with E-state index in [-0.39, 0.29) is 5.91 Å². The number of likely N-dealkylation sites (tertiary alicyclic amines) is 1. The Morgan fingerprint density at radius 1 is 1.07 bits per heavy atom. The molecule has 27 heavy (non-hydrogen) atoms. The molecule has 1 saturated heterocycles. The molecule has 0 radical (unpaired) electrons. The summed E-state index contributed by atoms with van der Waals surface area (Å²) in [5, 5.41) is 5.48. The first-order valence-electron chi connectivity index (χ1n) is 9.04. The predicted octanol–water partition coefficient (Wildman–Crippen LogP) is 4.50. The molecule has 0 unspecified atom stereocenters. The average molecular weight is 378 g/mol. The van der Waals surface area contributed by atoms with Crippen molar-refractivity contribution in [2.75, 3.05) is 13.1 Å². The smallest absolute Gasteiger partial charge is 0.246 e. The van der Waals surface area contributed by atoms with Gasteiger partial charge in [-0.25, -0.2) is 0 Å². The van der Waals surface area contributed by atoms with Crippen molar-refractivity contribution in [1.29, 1.82) is 0 Å². The van der Waals surface area contributed by atoms with Crippen molar-refractivity contribution in [3.05, 3.63) is 83.0 Å². The molecular weight excluding hydrogens is 358 g/mol. The molecule has 1 aliphatic rings. The van der Waals surface area contributed by atoms with Gasteiger partial charge in [-0.3, -0.25) is 9.48 Å². The van der Waals surface area contributed by atoms with Crippen LogP contribution in [-0.2, 0) is 11.3 Å². The molecule has 1 amide bonds. The van der Waals surface area contributed by atoms with Crippen molar-refractivity contribution in [3.63, 3.8) is 0 Å². The second-order valence-corrected chi connectivity index (χ2v) is 7.01. The van der Waals surface area contributed by atoms with Crippen LogP contribution >= 0.6 is 11.6 Å². The van der Waals surface area contributed by atoms with E-state index in [1.54, 1.807) is 6.08 Å². The number of nitrogens with zero attached hydrogens (tertiary/aromatic N) is 3. The standard InChI is InChI=1S/C22H20ClN3O/c23-20-10-5-4-9-18(20)15-26-16-19(11-12-21(27)25-13-6-14-25)22(24-26)17-7-2-1-3-8-17/h1-5,7-12,16H,6,13-15H2/b12-11+. The quantitative estimate of drug-likeness (QED) is 0.614. The summed E-state index contributed by atoms with van der Waals surface area (Å²) in [5.74, 6) is 0.0547. The Bertz CT molecular complexity index is 974. The van der Waals surface area contributed by atoms with E-state index < -0.39 is 0 Å². The number of halogens is 1. The largest absolute Gasteiger partial charge is 0.339 e. The third kappa shape index (κ3) is 3.96. The Balaban J connectivity index is 1.65. The van der Waals surface area contributed by atoms with Gasteiger partial charge < -0.3 is 4.90 Å². The van der Waals surface area contributed by atoms with Gasteiger partial charge in [0.15, 0.2) is 0 Å². The molecule has 1 aliphatic heterocycles. The molecule has 5 heteroatoms. The van der Waals surface area contributed by atoms with Gasteiger partial charge >= 0.3 is 0 Å². The fourth-order valence-electron chi connectivity index (χ4n) is 3.06. The van der Waals surface area contributed by atoms with E-state index in [0.29, 0.717) is 6.54 Å². The first-order valence-corrected chi connectivity index (χ1v) is 9.42. The van der Waals surface area contributed by atoms with Crippen molar-refractivity contribution in [1.82, 2.24) is 14.7 Å². The molecule has 136 valence electrons. The number of rotatable bonds is 5. The highest BCUT2D eigenvalue weighted by Gasteiger charge is 2.18. The molecule has 0 saturated carbocycles. The van der Waals surface area contributed by atoms with Crippen LogP contribution in [0.1, 0.15) is 17.5 Å². The molecule has 0 aliphatic carbocycles. The Labute approximate surface area is 163 Å². The van der Waals surface area contributed by atoms with Crippen molar-refractivity contribution in [2.45, 2.75) is 13.0 Å². The minimum atomic E-state index is 0.0547.